The van der Waals surface area contributed by atoms with Crippen LogP contribution in [0.1, 0.15) is 296 Å². The molecule has 0 aromatic carbocycles. The number of ether oxygens (including phenoxy) is 2. The van der Waals surface area contributed by atoms with Crippen LogP contribution in [0.15, 0.2) is 0 Å². The fraction of sp³-hybridized carbons (Fsp3) is 0.982. The molecule has 388 valence electrons. The van der Waals surface area contributed by atoms with Gasteiger partial charge in [0.25, 0.3) is 0 Å². The van der Waals surface area contributed by atoms with Crippen LogP contribution in [0, 0.1) is 0 Å². The van der Waals surface area contributed by atoms with Gasteiger partial charge in [0.15, 0.2) is 6.29 Å². The molecule has 6 N–H and O–H groups in total. The third kappa shape index (κ3) is 36.8. The van der Waals surface area contributed by atoms with Crippen molar-refractivity contribution >= 4 is 5.91 Å². The zero-order chi connectivity index (χ0) is 47.3. The lowest BCUT2D eigenvalue weighted by molar-refractivity contribution is -0.302. The summed E-state index contributed by atoms with van der Waals surface area (Å²) in [6, 6.07) is -0.713. The van der Waals surface area contributed by atoms with Crippen LogP contribution < -0.4 is 5.32 Å². The van der Waals surface area contributed by atoms with Crippen LogP contribution in [-0.2, 0) is 14.3 Å². The second-order valence-corrected chi connectivity index (χ2v) is 20.5. The Hall–Kier alpha value is -0.810. The molecular weight excluding hydrogens is 815 g/mol. The SMILES string of the molecule is CCCCCCCCCCCCCCCCCCCCCCCCC(=O)NC(COC1OC(CO)C(O)C(O)C1O)C(O)CCCCCCCCCCCCCCCCCCCCCC. The van der Waals surface area contributed by atoms with E-state index in [-0.39, 0.29) is 12.5 Å². The Morgan fingerprint density at radius 3 is 1.09 bits per heavy atom. The van der Waals surface area contributed by atoms with E-state index in [4.69, 9.17) is 9.47 Å². The number of hydrogen-bond donors (Lipinski definition) is 6. The van der Waals surface area contributed by atoms with E-state index in [0.29, 0.717) is 12.8 Å². The highest BCUT2D eigenvalue weighted by atomic mass is 16.7. The van der Waals surface area contributed by atoms with Crippen LogP contribution in [0.5, 0.6) is 0 Å². The highest BCUT2D eigenvalue weighted by molar-refractivity contribution is 5.76. The molecule has 0 aromatic heterocycles. The van der Waals surface area contributed by atoms with Gasteiger partial charge in [-0.1, -0.05) is 277 Å². The van der Waals surface area contributed by atoms with Crippen molar-refractivity contribution in [2.75, 3.05) is 13.2 Å². The smallest absolute Gasteiger partial charge is 0.220 e. The van der Waals surface area contributed by atoms with Gasteiger partial charge >= 0.3 is 0 Å². The summed E-state index contributed by atoms with van der Waals surface area (Å²) in [5.74, 6) is -0.136. The van der Waals surface area contributed by atoms with E-state index >= 15 is 0 Å². The molecule has 0 bridgehead atoms. The number of rotatable bonds is 50. The molecular formula is C56H111NO8. The van der Waals surface area contributed by atoms with Crippen molar-refractivity contribution in [1.82, 2.24) is 5.32 Å². The molecule has 0 aromatic rings. The summed E-state index contributed by atoms with van der Waals surface area (Å²) in [6.45, 7) is 3.89. The van der Waals surface area contributed by atoms with Gasteiger partial charge in [-0.05, 0) is 12.8 Å². The molecule has 1 fully saturated rings. The molecule has 9 heteroatoms. The quantitative estimate of drug-likeness (QED) is 0.0330. The Kier molecular flexibility index (Phi) is 44.9. The van der Waals surface area contributed by atoms with Crippen LogP contribution in [-0.4, -0.2) is 87.5 Å². The molecule has 0 radical (unpaired) electrons. The van der Waals surface area contributed by atoms with Crippen molar-refractivity contribution in [1.29, 1.82) is 0 Å². The van der Waals surface area contributed by atoms with E-state index in [2.05, 4.69) is 19.2 Å². The van der Waals surface area contributed by atoms with Gasteiger partial charge in [0.05, 0.1) is 25.4 Å². The van der Waals surface area contributed by atoms with Gasteiger partial charge in [0, 0.05) is 6.42 Å². The van der Waals surface area contributed by atoms with Crippen molar-refractivity contribution in [2.45, 2.75) is 339 Å². The molecule has 1 aliphatic rings. The number of carbonyl (C=O) groups excluding carboxylic acids is 1. The highest BCUT2D eigenvalue weighted by Crippen LogP contribution is 2.23. The Morgan fingerprint density at radius 2 is 0.769 bits per heavy atom. The maximum absolute atomic E-state index is 13.1. The lowest BCUT2D eigenvalue weighted by Crippen LogP contribution is -2.60. The van der Waals surface area contributed by atoms with Crippen molar-refractivity contribution < 1.29 is 39.8 Å². The maximum Gasteiger partial charge on any atom is 0.220 e. The largest absolute Gasteiger partial charge is 0.394 e. The summed E-state index contributed by atoms with van der Waals surface area (Å²) < 4.78 is 11.3. The Morgan fingerprint density at radius 1 is 0.462 bits per heavy atom. The fourth-order valence-electron chi connectivity index (χ4n) is 9.64. The molecule has 1 rings (SSSR count). The van der Waals surface area contributed by atoms with Gasteiger partial charge in [-0.2, -0.15) is 0 Å². The van der Waals surface area contributed by atoms with Crippen LogP contribution in [0.2, 0.25) is 0 Å². The van der Waals surface area contributed by atoms with E-state index in [0.717, 1.165) is 38.5 Å². The predicted molar refractivity (Wildman–Crippen MR) is 272 cm³/mol. The number of carbonyl (C=O) groups is 1. The first-order valence-corrected chi connectivity index (χ1v) is 28.7. The first kappa shape index (κ1) is 62.2. The lowest BCUT2D eigenvalue weighted by Gasteiger charge is -2.40. The van der Waals surface area contributed by atoms with Crippen LogP contribution in [0.3, 0.4) is 0 Å². The zero-order valence-electron chi connectivity index (χ0n) is 43.0. The van der Waals surface area contributed by atoms with Gasteiger partial charge in [0.2, 0.25) is 5.91 Å². The molecule has 1 aliphatic heterocycles. The predicted octanol–water partition coefficient (Wildman–Crippen LogP) is 13.9. The van der Waals surface area contributed by atoms with Crippen LogP contribution in [0.25, 0.3) is 0 Å². The normalized spacial score (nSPS) is 19.8. The number of nitrogens with one attached hydrogen (secondary N) is 1. The molecule has 7 atom stereocenters. The monoisotopic (exact) mass is 926 g/mol. The van der Waals surface area contributed by atoms with Gasteiger partial charge in [-0.15, -0.1) is 0 Å². The molecule has 7 unspecified atom stereocenters. The number of hydrogen-bond acceptors (Lipinski definition) is 8. The van der Waals surface area contributed by atoms with Crippen molar-refractivity contribution in [2.24, 2.45) is 0 Å². The van der Waals surface area contributed by atoms with Gasteiger partial charge < -0.3 is 40.3 Å². The minimum absolute atomic E-state index is 0.131. The first-order valence-electron chi connectivity index (χ1n) is 28.7. The minimum atomic E-state index is -1.55. The van der Waals surface area contributed by atoms with E-state index in [1.54, 1.807) is 0 Å². The summed E-state index contributed by atoms with van der Waals surface area (Å²) in [5.41, 5.74) is 0. The number of unbranched alkanes of at least 4 members (excludes halogenated alkanes) is 40. The molecule has 65 heavy (non-hydrogen) atoms. The zero-order valence-corrected chi connectivity index (χ0v) is 43.0. The standard InChI is InChI=1S/C56H111NO8/c1-3-5-7-9-11-13-15-17-19-21-23-25-26-28-30-32-34-36-38-40-42-44-46-52(60)57-49(48-64-56-55(63)54(62)53(61)51(47-58)65-56)50(59)45-43-41-39-37-35-33-31-29-27-24-22-20-18-16-14-12-10-8-6-4-2/h49-51,53-56,58-59,61-63H,3-48H2,1-2H3,(H,57,60). The fourth-order valence-corrected chi connectivity index (χ4v) is 9.64. The molecule has 1 amide bonds. The molecule has 0 aliphatic carbocycles. The summed E-state index contributed by atoms with van der Waals surface area (Å²) >= 11 is 0. The molecule has 0 saturated carbocycles. The average molecular weight is 927 g/mol. The second kappa shape index (κ2) is 46.9. The Labute approximate surface area is 402 Å². The minimum Gasteiger partial charge on any atom is -0.394 e. The van der Waals surface area contributed by atoms with Gasteiger partial charge in [-0.25, -0.2) is 0 Å². The average Bonchev–Trinajstić information content (AvgIpc) is 3.31. The maximum atomic E-state index is 13.1. The van der Waals surface area contributed by atoms with Gasteiger partial charge in [-0.3, -0.25) is 4.79 Å². The number of aliphatic hydroxyl groups is 5. The number of amides is 1. The summed E-state index contributed by atoms with van der Waals surface area (Å²) in [7, 11) is 0. The van der Waals surface area contributed by atoms with Crippen molar-refractivity contribution in [3.63, 3.8) is 0 Å². The Balaban J connectivity index is 2.20. The Bertz CT molecular complexity index is 986. The first-order chi connectivity index (χ1) is 31.8. The molecule has 1 saturated heterocycles. The topological polar surface area (TPSA) is 149 Å². The summed E-state index contributed by atoms with van der Waals surface area (Å²) in [4.78, 5) is 13.1. The van der Waals surface area contributed by atoms with Crippen molar-refractivity contribution in [3.8, 4) is 0 Å². The van der Waals surface area contributed by atoms with E-state index < -0.39 is 49.5 Å². The van der Waals surface area contributed by atoms with E-state index in [9.17, 15) is 30.3 Å². The molecule has 1 heterocycles. The second-order valence-electron chi connectivity index (χ2n) is 20.5. The van der Waals surface area contributed by atoms with Crippen LogP contribution in [0.4, 0.5) is 0 Å². The van der Waals surface area contributed by atoms with E-state index in [1.807, 2.05) is 0 Å². The third-order valence-electron chi connectivity index (χ3n) is 14.2. The highest BCUT2D eigenvalue weighted by Gasteiger charge is 2.44. The van der Waals surface area contributed by atoms with Crippen LogP contribution >= 0.6 is 0 Å². The van der Waals surface area contributed by atoms with E-state index in [1.165, 1.54) is 231 Å². The summed E-state index contributed by atoms with van der Waals surface area (Å²) in [5, 5.41) is 54.7. The van der Waals surface area contributed by atoms with Crippen molar-refractivity contribution in [3.05, 3.63) is 0 Å². The third-order valence-corrected chi connectivity index (χ3v) is 14.2. The molecule has 0 spiro atoms. The summed E-state index contributed by atoms with van der Waals surface area (Å²) in [6.07, 6.45) is 48.4. The lowest BCUT2D eigenvalue weighted by atomic mass is 9.99. The van der Waals surface area contributed by atoms with Gasteiger partial charge in [0.1, 0.15) is 24.4 Å². The molecule has 9 nitrogen and oxygen atoms in total. The number of aliphatic hydroxyl groups excluding tert-OH is 5.